The molecule has 0 aliphatic carbocycles. The molecule has 0 amide bonds. The Bertz CT molecular complexity index is 149. The van der Waals surface area contributed by atoms with E-state index in [1.165, 1.54) is 121 Å². The van der Waals surface area contributed by atoms with Crippen molar-refractivity contribution in [1.29, 1.82) is 0 Å². The quantitative estimate of drug-likeness (QED) is 0.166. The summed E-state index contributed by atoms with van der Waals surface area (Å²) in [6.45, 7) is 2.30. The van der Waals surface area contributed by atoms with Crippen LogP contribution < -0.4 is 0 Å². The van der Waals surface area contributed by atoms with E-state index in [0.717, 1.165) is 0 Å². The van der Waals surface area contributed by atoms with E-state index in [1.54, 1.807) is 0 Å². The van der Waals surface area contributed by atoms with Gasteiger partial charge in [0, 0.05) is 0 Å². The molecular formula is C20H41Ru. The van der Waals surface area contributed by atoms with Crippen LogP contribution in [0.5, 0.6) is 0 Å². The van der Waals surface area contributed by atoms with Crippen LogP contribution >= 0.6 is 0 Å². The van der Waals surface area contributed by atoms with Gasteiger partial charge in [-0.3, -0.25) is 0 Å². The molecule has 0 rings (SSSR count). The summed E-state index contributed by atoms with van der Waals surface area (Å²) in [5, 5.41) is 1.30. The first kappa shape index (κ1) is 21.6. The predicted molar refractivity (Wildman–Crippen MR) is 93.6 cm³/mol. The van der Waals surface area contributed by atoms with Crippen molar-refractivity contribution in [3.8, 4) is 0 Å². The summed E-state index contributed by atoms with van der Waals surface area (Å²) < 4.78 is 0. The Labute approximate surface area is 145 Å². The molecule has 1 heteroatoms. The van der Waals surface area contributed by atoms with Gasteiger partial charge in [-0.25, -0.2) is 0 Å². The number of hydrogen-bond acceptors (Lipinski definition) is 0. The molecule has 0 atom stereocenters. The fourth-order valence-corrected chi connectivity index (χ4v) is 3.42. The monoisotopic (exact) mass is 383 g/mol. The fraction of sp³-hybridized carbons (Fsp3) is 1.00. The van der Waals surface area contributed by atoms with Gasteiger partial charge in [0.05, 0.1) is 0 Å². The van der Waals surface area contributed by atoms with E-state index >= 15 is 0 Å². The van der Waals surface area contributed by atoms with Crippen LogP contribution in [0.2, 0.25) is 5.02 Å². The minimum atomic E-state index is 1.30. The third kappa shape index (κ3) is 20.6. The van der Waals surface area contributed by atoms with Gasteiger partial charge in [0.25, 0.3) is 0 Å². The Morgan fingerprint density at radius 1 is 0.381 bits per heavy atom. The molecule has 129 valence electrons. The molecule has 0 radical (unpaired) electrons. The topological polar surface area (TPSA) is 0 Å². The fourth-order valence-electron chi connectivity index (χ4n) is 2.99. The molecule has 21 heavy (non-hydrogen) atoms. The summed E-state index contributed by atoms with van der Waals surface area (Å²) in [4.78, 5) is 0. The molecule has 0 aromatic carbocycles. The van der Waals surface area contributed by atoms with Crippen molar-refractivity contribution in [2.75, 3.05) is 0 Å². The second kappa shape index (κ2) is 20.6. The van der Waals surface area contributed by atoms with E-state index < -0.39 is 0 Å². The van der Waals surface area contributed by atoms with E-state index in [2.05, 4.69) is 25.2 Å². The molecule has 0 unspecified atom stereocenters. The van der Waals surface area contributed by atoms with Crippen LogP contribution in [0.1, 0.15) is 122 Å². The maximum atomic E-state index is 2.75. The third-order valence-electron chi connectivity index (χ3n) is 4.48. The van der Waals surface area contributed by atoms with Gasteiger partial charge in [0.1, 0.15) is 0 Å². The van der Waals surface area contributed by atoms with Crippen molar-refractivity contribution in [2.45, 2.75) is 128 Å². The van der Waals surface area contributed by atoms with E-state index in [0.29, 0.717) is 0 Å². The zero-order valence-corrected chi connectivity index (χ0v) is 16.5. The molecule has 0 saturated carbocycles. The van der Waals surface area contributed by atoms with Gasteiger partial charge in [-0.15, -0.1) is 0 Å². The maximum absolute atomic E-state index is 2.75. The Morgan fingerprint density at radius 3 is 0.857 bits per heavy atom. The summed E-state index contributed by atoms with van der Waals surface area (Å²) in [5.41, 5.74) is 0. The van der Waals surface area contributed by atoms with Gasteiger partial charge in [-0.1, -0.05) is 51.9 Å². The van der Waals surface area contributed by atoms with Crippen LogP contribution in [0.15, 0.2) is 0 Å². The summed E-state index contributed by atoms with van der Waals surface area (Å²) in [6.07, 6.45) is 26.4. The van der Waals surface area contributed by atoms with E-state index in [1.807, 2.05) is 0 Å². The summed E-state index contributed by atoms with van der Waals surface area (Å²) in [6, 6.07) is 0. The Balaban J connectivity index is 2.90. The first-order chi connectivity index (χ1) is 10.4. The van der Waals surface area contributed by atoms with Gasteiger partial charge in [-0.05, 0) is 0 Å². The zero-order chi connectivity index (χ0) is 15.4. The Hall–Kier alpha value is 0.623. The van der Waals surface area contributed by atoms with Crippen LogP contribution in [0.4, 0.5) is 0 Å². The van der Waals surface area contributed by atoms with E-state index in [-0.39, 0.29) is 0 Å². The van der Waals surface area contributed by atoms with Crippen molar-refractivity contribution in [2.24, 2.45) is 0 Å². The molecule has 0 fully saturated rings. The van der Waals surface area contributed by atoms with Crippen LogP contribution in [0.3, 0.4) is 0 Å². The SMILES string of the molecule is CCCCCCCCCCCCCCCCCCC[CH2][Ru]. The summed E-state index contributed by atoms with van der Waals surface area (Å²) in [7, 11) is 0. The van der Waals surface area contributed by atoms with Crippen molar-refractivity contribution in [1.82, 2.24) is 0 Å². The Kier molecular flexibility index (Phi) is 21.2. The normalized spacial score (nSPS) is 11.1. The van der Waals surface area contributed by atoms with Gasteiger partial charge < -0.3 is 0 Å². The summed E-state index contributed by atoms with van der Waals surface area (Å²) >= 11 is 2.75. The van der Waals surface area contributed by atoms with Gasteiger partial charge >= 0.3 is 93.9 Å². The molecule has 0 nitrogen and oxygen atoms in total. The van der Waals surface area contributed by atoms with Crippen molar-refractivity contribution < 1.29 is 18.3 Å². The second-order valence-electron chi connectivity index (χ2n) is 6.69. The van der Waals surface area contributed by atoms with Crippen molar-refractivity contribution >= 4 is 0 Å². The average molecular weight is 383 g/mol. The van der Waals surface area contributed by atoms with Crippen LogP contribution in [0.25, 0.3) is 0 Å². The van der Waals surface area contributed by atoms with Gasteiger partial charge in [0.15, 0.2) is 0 Å². The number of rotatable bonds is 18. The predicted octanol–water partition coefficient (Wildman–Crippen LogP) is 7.99. The molecular weight excluding hydrogens is 341 g/mol. The minimum absolute atomic E-state index is 1.30. The first-order valence-corrected chi connectivity index (χ1v) is 11.2. The Morgan fingerprint density at radius 2 is 0.619 bits per heavy atom. The number of unbranched alkanes of at least 4 members (excludes halogenated alkanes) is 17. The first-order valence-electron chi connectivity index (χ1n) is 9.96. The van der Waals surface area contributed by atoms with Crippen LogP contribution in [-0.2, 0) is 18.3 Å². The van der Waals surface area contributed by atoms with Crippen molar-refractivity contribution in [3.63, 3.8) is 0 Å². The third-order valence-corrected chi connectivity index (χ3v) is 5.09. The molecule has 0 aromatic rings. The van der Waals surface area contributed by atoms with Gasteiger partial charge in [-0.2, -0.15) is 0 Å². The zero-order valence-electron chi connectivity index (χ0n) is 14.8. The number of hydrogen-bond donors (Lipinski definition) is 0. The molecule has 0 aliphatic heterocycles. The molecule has 0 heterocycles. The van der Waals surface area contributed by atoms with Gasteiger partial charge in [0.2, 0.25) is 0 Å². The molecule has 0 aromatic heterocycles. The van der Waals surface area contributed by atoms with E-state index in [9.17, 15) is 0 Å². The molecule has 0 N–H and O–H groups in total. The molecule has 0 aliphatic rings. The van der Waals surface area contributed by atoms with E-state index in [4.69, 9.17) is 0 Å². The standard InChI is InChI=1S/C20H41.Ru/c1-3-5-7-9-11-13-15-17-19-20-18-16-14-12-10-8-6-4-2;/h1,3-20H2,2H3;. The average Bonchev–Trinajstić information content (AvgIpc) is 2.50. The van der Waals surface area contributed by atoms with Crippen LogP contribution in [0, 0.1) is 0 Å². The van der Waals surface area contributed by atoms with Crippen LogP contribution in [-0.4, -0.2) is 0 Å². The van der Waals surface area contributed by atoms with Crippen molar-refractivity contribution in [3.05, 3.63) is 0 Å². The second-order valence-corrected chi connectivity index (χ2v) is 7.56. The molecule has 0 spiro atoms. The summed E-state index contributed by atoms with van der Waals surface area (Å²) in [5.74, 6) is 0. The molecule has 0 saturated heterocycles. The molecule has 0 bridgehead atoms.